The first kappa shape index (κ1) is 13.6. The maximum Gasteiger partial charge on any atom is 0.185 e. The van der Waals surface area contributed by atoms with E-state index in [1.54, 1.807) is 11.3 Å². The fourth-order valence-corrected chi connectivity index (χ4v) is 3.54. The molecule has 0 amide bonds. The van der Waals surface area contributed by atoms with Crippen LogP contribution in [0.25, 0.3) is 0 Å². The number of piperidine rings is 1. The standard InChI is InChI=1S/C14H20N4OS/c19-10-13-11-20-14(16-13)17-7-2-12(3-8-17)4-9-18-6-1-5-15-18/h1,5-6,11-12,19H,2-4,7-10H2. The van der Waals surface area contributed by atoms with Crippen molar-refractivity contribution in [2.24, 2.45) is 5.92 Å². The van der Waals surface area contributed by atoms with Gasteiger partial charge >= 0.3 is 0 Å². The molecule has 20 heavy (non-hydrogen) atoms. The molecule has 6 heteroatoms. The van der Waals surface area contributed by atoms with Crippen molar-refractivity contribution in [1.82, 2.24) is 14.8 Å². The molecule has 5 nitrogen and oxygen atoms in total. The minimum absolute atomic E-state index is 0.0385. The molecular weight excluding hydrogens is 272 g/mol. The zero-order valence-corrected chi connectivity index (χ0v) is 12.3. The molecule has 1 aliphatic heterocycles. The molecule has 0 spiro atoms. The Kier molecular flexibility index (Phi) is 4.32. The molecule has 108 valence electrons. The highest BCUT2D eigenvalue weighted by Crippen LogP contribution is 2.27. The summed E-state index contributed by atoms with van der Waals surface area (Å²) in [4.78, 5) is 6.79. The number of nitrogens with zero attached hydrogens (tertiary/aromatic N) is 4. The molecular formula is C14H20N4OS. The van der Waals surface area contributed by atoms with E-state index in [0.717, 1.165) is 36.4 Å². The Morgan fingerprint density at radius 1 is 1.35 bits per heavy atom. The third kappa shape index (κ3) is 3.19. The van der Waals surface area contributed by atoms with Crippen LogP contribution in [-0.4, -0.2) is 33.0 Å². The van der Waals surface area contributed by atoms with Gasteiger partial charge in [0.05, 0.1) is 12.3 Å². The van der Waals surface area contributed by atoms with E-state index in [2.05, 4.69) is 15.0 Å². The summed E-state index contributed by atoms with van der Waals surface area (Å²) in [6.45, 7) is 3.20. The zero-order valence-electron chi connectivity index (χ0n) is 11.5. The van der Waals surface area contributed by atoms with Gasteiger partial charge < -0.3 is 10.0 Å². The first-order valence-electron chi connectivity index (χ1n) is 7.13. The van der Waals surface area contributed by atoms with Gasteiger partial charge in [0.1, 0.15) is 0 Å². The van der Waals surface area contributed by atoms with Crippen LogP contribution < -0.4 is 4.90 Å². The highest BCUT2D eigenvalue weighted by atomic mass is 32.1. The monoisotopic (exact) mass is 292 g/mol. The molecule has 0 aromatic carbocycles. The van der Waals surface area contributed by atoms with Gasteiger partial charge in [-0.05, 0) is 31.2 Å². The Bertz CT molecular complexity index is 517. The number of rotatable bonds is 5. The zero-order chi connectivity index (χ0) is 13.8. The molecule has 3 rings (SSSR count). The van der Waals surface area contributed by atoms with Gasteiger partial charge in [-0.2, -0.15) is 5.10 Å². The summed E-state index contributed by atoms with van der Waals surface area (Å²) in [7, 11) is 0. The van der Waals surface area contributed by atoms with Gasteiger partial charge in [-0.1, -0.05) is 0 Å². The minimum Gasteiger partial charge on any atom is -0.390 e. The second-order valence-electron chi connectivity index (χ2n) is 5.27. The Morgan fingerprint density at radius 3 is 2.85 bits per heavy atom. The summed E-state index contributed by atoms with van der Waals surface area (Å²) in [5.41, 5.74) is 0.783. The Morgan fingerprint density at radius 2 is 2.20 bits per heavy atom. The van der Waals surface area contributed by atoms with Crippen LogP contribution in [0.2, 0.25) is 0 Å². The number of aliphatic hydroxyl groups excluding tert-OH is 1. The fourth-order valence-electron chi connectivity index (χ4n) is 2.67. The molecule has 1 N–H and O–H groups in total. The molecule has 1 aliphatic rings. The van der Waals surface area contributed by atoms with Crippen molar-refractivity contribution >= 4 is 16.5 Å². The molecule has 0 saturated carbocycles. The number of aromatic nitrogens is 3. The number of aliphatic hydroxyl groups is 1. The highest BCUT2D eigenvalue weighted by Gasteiger charge is 2.21. The first-order chi connectivity index (χ1) is 9.85. The van der Waals surface area contributed by atoms with Crippen molar-refractivity contribution in [3.63, 3.8) is 0 Å². The van der Waals surface area contributed by atoms with Gasteiger partial charge in [0, 0.05) is 37.4 Å². The largest absolute Gasteiger partial charge is 0.390 e. The third-order valence-electron chi connectivity index (χ3n) is 3.91. The smallest absolute Gasteiger partial charge is 0.185 e. The molecule has 0 unspecified atom stereocenters. The van der Waals surface area contributed by atoms with Crippen LogP contribution in [-0.2, 0) is 13.2 Å². The van der Waals surface area contributed by atoms with E-state index in [1.807, 2.05) is 28.5 Å². The number of aryl methyl sites for hydroxylation is 1. The summed E-state index contributed by atoms with van der Waals surface area (Å²) in [6, 6.07) is 1.98. The van der Waals surface area contributed by atoms with Crippen molar-refractivity contribution in [3.05, 3.63) is 29.5 Å². The van der Waals surface area contributed by atoms with Crippen molar-refractivity contribution in [1.29, 1.82) is 0 Å². The lowest BCUT2D eigenvalue weighted by Gasteiger charge is -2.31. The maximum absolute atomic E-state index is 9.07. The quantitative estimate of drug-likeness (QED) is 0.917. The number of hydrogen-bond acceptors (Lipinski definition) is 5. The van der Waals surface area contributed by atoms with Crippen LogP contribution in [0.15, 0.2) is 23.8 Å². The van der Waals surface area contributed by atoms with Crippen LogP contribution in [0.4, 0.5) is 5.13 Å². The summed E-state index contributed by atoms with van der Waals surface area (Å²) in [6.07, 6.45) is 7.50. The molecule has 1 saturated heterocycles. The molecule has 3 heterocycles. The highest BCUT2D eigenvalue weighted by molar-refractivity contribution is 7.13. The van der Waals surface area contributed by atoms with Crippen LogP contribution in [0, 0.1) is 5.92 Å². The minimum atomic E-state index is 0.0385. The molecule has 2 aromatic heterocycles. The molecule has 0 radical (unpaired) electrons. The second-order valence-corrected chi connectivity index (χ2v) is 6.10. The van der Waals surface area contributed by atoms with E-state index in [1.165, 1.54) is 19.3 Å². The molecule has 0 atom stereocenters. The Hall–Kier alpha value is -1.40. The van der Waals surface area contributed by atoms with Crippen LogP contribution >= 0.6 is 11.3 Å². The third-order valence-corrected chi connectivity index (χ3v) is 4.86. The van der Waals surface area contributed by atoms with Gasteiger partial charge in [-0.3, -0.25) is 4.68 Å². The number of anilines is 1. The lowest BCUT2D eigenvalue weighted by atomic mass is 9.94. The van der Waals surface area contributed by atoms with Crippen LogP contribution in [0.5, 0.6) is 0 Å². The normalized spacial score (nSPS) is 16.8. The summed E-state index contributed by atoms with van der Waals surface area (Å²) in [5, 5.41) is 16.3. The summed E-state index contributed by atoms with van der Waals surface area (Å²) in [5.74, 6) is 0.785. The molecule has 0 aliphatic carbocycles. The topological polar surface area (TPSA) is 54.2 Å². The van der Waals surface area contributed by atoms with Crippen molar-refractivity contribution in [2.45, 2.75) is 32.4 Å². The predicted octanol–water partition coefficient (Wildman–Crippen LogP) is 2.14. The Balaban J connectivity index is 1.46. The van der Waals surface area contributed by atoms with Gasteiger partial charge in [-0.15, -0.1) is 11.3 Å². The van der Waals surface area contributed by atoms with Crippen LogP contribution in [0.3, 0.4) is 0 Å². The van der Waals surface area contributed by atoms with E-state index < -0.39 is 0 Å². The van der Waals surface area contributed by atoms with Gasteiger partial charge in [0.15, 0.2) is 5.13 Å². The van der Waals surface area contributed by atoms with E-state index in [9.17, 15) is 0 Å². The predicted molar refractivity (Wildman–Crippen MR) is 79.8 cm³/mol. The van der Waals surface area contributed by atoms with Crippen molar-refractivity contribution in [2.75, 3.05) is 18.0 Å². The van der Waals surface area contributed by atoms with Gasteiger partial charge in [-0.25, -0.2) is 4.98 Å². The first-order valence-corrected chi connectivity index (χ1v) is 8.01. The van der Waals surface area contributed by atoms with Gasteiger partial charge in [0.2, 0.25) is 0 Å². The van der Waals surface area contributed by atoms with E-state index in [0.29, 0.717) is 0 Å². The molecule has 2 aromatic rings. The summed E-state index contributed by atoms with van der Waals surface area (Å²) >= 11 is 1.63. The Labute approximate surface area is 122 Å². The maximum atomic E-state index is 9.07. The van der Waals surface area contributed by atoms with Crippen molar-refractivity contribution in [3.8, 4) is 0 Å². The number of thiazole rings is 1. The lowest BCUT2D eigenvalue weighted by Crippen LogP contribution is -2.33. The molecule has 1 fully saturated rings. The van der Waals surface area contributed by atoms with Crippen LogP contribution in [0.1, 0.15) is 25.0 Å². The second kappa shape index (κ2) is 6.37. The lowest BCUT2D eigenvalue weighted by molar-refractivity contribution is 0.277. The van der Waals surface area contributed by atoms with Gasteiger partial charge in [0.25, 0.3) is 0 Å². The van der Waals surface area contributed by atoms with Crippen molar-refractivity contribution < 1.29 is 5.11 Å². The average molecular weight is 292 g/mol. The fraction of sp³-hybridized carbons (Fsp3) is 0.571. The van der Waals surface area contributed by atoms with E-state index >= 15 is 0 Å². The van der Waals surface area contributed by atoms with E-state index in [-0.39, 0.29) is 6.61 Å². The van der Waals surface area contributed by atoms with E-state index in [4.69, 9.17) is 5.11 Å². The summed E-state index contributed by atoms with van der Waals surface area (Å²) < 4.78 is 2.01. The number of hydrogen-bond donors (Lipinski definition) is 1. The average Bonchev–Trinajstić information content (AvgIpc) is 3.17. The SMILES string of the molecule is OCc1csc(N2CCC(CCn3cccn3)CC2)n1. The molecule has 0 bridgehead atoms.